The molecule has 3 atom stereocenters. The van der Waals surface area contributed by atoms with Crippen molar-refractivity contribution in [1.29, 1.82) is 0 Å². The van der Waals surface area contributed by atoms with Gasteiger partial charge in [-0.15, -0.1) is 0 Å². The van der Waals surface area contributed by atoms with Crippen molar-refractivity contribution in [2.75, 3.05) is 13.7 Å². The standard InChI is InChI=1S/C17H19F2NO5/c1-24-13-7-9(5-6-12(13)25-17(18)19)15(21)20-8-10-3-2-4-11(10)14(20)16(22)23/h5-7,10-11,14,17H,2-4,8H2,1H3,(H,22,23). The molecule has 1 aromatic rings. The van der Waals surface area contributed by atoms with Crippen LogP contribution in [0.25, 0.3) is 0 Å². The van der Waals surface area contributed by atoms with Crippen LogP contribution in [-0.2, 0) is 4.79 Å². The fraction of sp³-hybridized carbons (Fsp3) is 0.529. The number of likely N-dealkylation sites (tertiary alicyclic amines) is 1. The molecular formula is C17H19F2NO5. The highest BCUT2D eigenvalue weighted by Gasteiger charge is 2.49. The number of hydrogen-bond acceptors (Lipinski definition) is 4. The molecular weight excluding hydrogens is 336 g/mol. The lowest BCUT2D eigenvalue weighted by atomic mass is 9.94. The summed E-state index contributed by atoms with van der Waals surface area (Å²) >= 11 is 0. The summed E-state index contributed by atoms with van der Waals surface area (Å²) in [5.74, 6) is -1.45. The summed E-state index contributed by atoms with van der Waals surface area (Å²) in [4.78, 5) is 25.9. The largest absolute Gasteiger partial charge is 0.493 e. The zero-order valence-electron chi connectivity index (χ0n) is 13.7. The quantitative estimate of drug-likeness (QED) is 0.879. The van der Waals surface area contributed by atoms with Gasteiger partial charge in [0.15, 0.2) is 11.5 Å². The lowest BCUT2D eigenvalue weighted by molar-refractivity contribution is -0.142. The summed E-state index contributed by atoms with van der Waals surface area (Å²) in [6.45, 7) is -2.61. The summed E-state index contributed by atoms with van der Waals surface area (Å²) in [7, 11) is 1.28. The predicted octanol–water partition coefficient (Wildman–Crippen LogP) is 2.62. The van der Waals surface area contributed by atoms with E-state index in [-0.39, 0.29) is 28.9 Å². The molecule has 0 bridgehead atoms. The number of alkyl halides is 2. The van der Waals surface area contributed by atoms with Gasteiger partial charge in [-0.2, -0.15) is 8.78 Å². The fourth-order valence-corrected chi connectivity index (χ4v) is 3.99. The van der Waals surface area contributed by atoms with Crippen LogP contribution in [0.4, 0.5) is 8.78 Å². The second-order valence-corrected chi connectivity index (χ2v) is 6.34. The van der Waals surface area contributed by atoms with E-state index in [9.17, 15) is 23.5 Å². The van der Waals surface area contributed by atoms with E-state index in [2.05, 4.69) is 4.74 Å². The van der Waals surface area contributed by atoms with Crippen molar-refractivity contribution < 1.29 is 33.0 Å². The number of ether oxygens (including phenoxy) is 2. The van der Waals surface area contributed by atoms with Gasteiger partial charge in [-0.1, -0.05) is 6.42 Å². The van der Waals surface area contributed by atoms with Crippen molar-refractivity contribution in [3.8, 4) is 11.5 Å². The zero-order chi connectivity index (χ0) is 18.1. The highest BCUT2D eigenvalue weighted by molar-refractivity contribution is 5.97. The van der Waals surface area contributed by atoms with Gasteiger partial charge < -0.3 is 19.5 Å². The van der Waals surface area contributed by atoms with E-state index < -0.39 is 24.5 Å². The zero-order valence-corrected chi connectivity index (χ0v) is 13.7. The third-order valence-corrected chi connectivity index (χ3v) is 5.03. The van der Waals surface area contributed by atoms with Gasteiger partial charge in [0.1, 0.15) is 6.04 Å². The van der Waals surface area contributed by atoms with Crippen molar-refractivity contribution >= 4 is 11.9 Å². The summed E-state index contributed by atoms with van der Waals surface area (Å²) in [6, 6.07) is 3.02. The summed E-state index contributed by atoms with van der Waals surface area (Å²) in [5, 5.41) is 9.55. The van der Waals surface area contributed by atoms with Crippen LogP contribution in [0.2, 0.25) is 0 Å². The van der Waals surface area contributed by atoms with E-state index >= 15 is 0 Å². The first-order chi connectivity index (χ1) is 11.9. The smallest absolute Gasteiger partial charge is 0.387 e. The lowest BCUT2D eigenvalue weighted by Crippen LogP contribution is -2.43. The Labute approximate surface area is 143 Å². The number of carbonyl (C=O) groups is 2. The maximum absolute atomic E-state index is 12.8. The molecule has 2 fully saturated rings. The number of fused-ring (bicyclic) bond motifs is 1. The Kier molecular flexibility index (Phi) is 4.78. The van der Waals surface area contributed by atoms with Gasteiger partial charge in [0, 0.05) is 12.1 Å². The normalized spacial score (nSPS) is 25.1. The monoisotopic (exact) mass is 355 g/mol. The first kappa shape index (κ1) is 17.4. The first-order valence-corrected chi connectivity index (χ1v) is 8.09. The molecule has 1 saturated heterocycles. The van der Waals surface area contributed by atoms with Gasteiger partial charge in [0.05, 0.1) is 7.11 Å². The summed E-state index contributed by atoms with van der Waals surface area (Å²) in [6.07, 6.45) is 2.70. The molecule has 25 heavy (non-hydrogen) atoms. The number of nitrogens with zero attached hydrogens (tertiary/aromatic N) is 1. The molecule has 1 aromatic carbocycles. The number of hydrogen-bond donors (Lipinski definition) is 1. The minimum absolute atomic E-state index is 0.00239. The van der Waals surface area contributed by atoms with Crippen molar-refractivity contribution in [2.45, 2.75) is 31.9 Å². The van der Waals surface area contributed by atoms with Crippen LogP contribution in [-0.4, -0.2) is 48.2 Å². The maximum atomic E-state index is 12.8. The number of amides is 1. The minimum atomic E-state index is -3.01. The fourth-order valence-electron chi connectivity index (χ4n) is 3.99. The van der Waals surface area contributed by atoms with Gasteiger partial charge in [0.25, 0.3) is 5.91 Å². The van der Waals surface area contributed by atoms with Gasteiger partial charge in [-0.05, 0) is 42.9 Å². The molecule has 2 aliphatic rings. The summed E-state index contributed by atoms with van der Waals surface area (Å²) in [5.41, 5.74) is 0.185. The Morgan fingerprint density at radius 1 is 1.28 bits per heavy atom. The molecule has 1 aliphatic heterocycles. The van der Waals surface area contributed by atoms with Crippen molar-refractivity contribution in [3.63, 3.8) is 0 Å². The molecule has 3 rings (SSSR count). The van der Waals surface area contributed by atoms with Crippen LogP contribution >= 0.6 is 0 Å². The molecule has 1 amide bonds. The minimum Gasteiger partial charge on any atom is -0.493 e. The highest BCUT2D eigenvalue weighted by atomic mass is 19.3. The first-order valence-electron chi connectivity index (χ1n) is 8.09. The van der Waals surface area contributed by atoms with Crippen LogP contribution in [0, 0.1) is 11.8 Å². The van der Waals surface area contributed by atoms with Crippen LogP contribution in [0.3, 0.4) is 0 Å². The molecule has 8 heteroatoms. The van der Waals surface area contributed by atoms with Crippen molar-refractivity contribution in [3.05, 3.63) is 23.8 Å². The Morgan fingerprint density at radius 3 is 2.68 bits per heavy atom. The number of rotatable bonds is 5. The number of aliphatic carboxylic acids is 1. The number of carboxylic acid groups (broad SMARTS) is 1. The van der Waals surface area contributed by atoms with Crippen molar-refractivity contribution in [1.82, 2.24) is 4.90 Å². The average Bonchev–Trinajstić information content (AvgIpc) is 3.14. The average molecular weight is 355 g/mol. The molecule has 1 saturated carbocycles. The van der Waals surface area contributed by atoms with E-state index in [1.54, 1.807) is 0 Å². The topological polar surface area (TPSA) is 76.1 Å². The number of carbonyl (C=O) groups excluding carboxylic acids is 1. The highest BCUT2D eigenvalue weighted by Crippen LogP contribution is 2.43. The Hall–Kier alpha value is -2.38. The molecule has 0 aromatic heterocycles. The van der Waals surface area contributed by atoms with Crippen LogP contribution in [0.5, 0.6) is 11.5 Å². The second-order valence-electron chi connectivity index (χ2n) is 6.34. The Morgan fingerprint density at radius 2 is 2.04 bits per heavy atom. The molecule has 3 unspecified atom stereocenters. The predicted molar refractivity (Wildman–Crippen MR) is 82.9 cm³/mol. The molecule has 1 N–H and O–H groups in total. The number of carboxylic acids is 1. The Balaban J connectivity index is 1.86. The molecule has 136 valence electrons. The van der Waals surface area contributed by atoms with Crippen LogP contribution in [0.15, 0.2) is 18.2 Å². The lowest BCUT2D eigenvalue weighted by Gasteiger charge is -2.24. The van der Waals surface area contributed by atoms with Crippen LogP contribution < -0.4 is 9.47 Å². The third-order valence-electron chi connectivity index (χ3n) is 5.03. The van der Waals surface area contributed by atoms with Crippen LogP contribution in [0.1, 0.15) is 29.6 Å². The van der Waals surface area contributed by atoms with E-state index in [0.29, 0.717) is 6.54 Å². The van der Waals surface area contributed by atoms with E-state index in [4.69, 9.17) is 4.74 Å². The number of benzene rings is 1. The SMILES string of the molecule is COc1cc(C(=O)N2CC3CCCC3C2C(=O)O)ccc1OC(F)F. The van der Waals surface area contributed by atoms with E-state index in [0.717, 1.165) is 19.3 Å². The molecule has 0 radical (unpaired) electrons. The van der Waals surface area contributed by atoms with Crippen molar-refractivity contribution in [2.24, 2.45) is 11.8 Å². The Bertz CT molecular complexity index is 681. The van der Waals surface area contributed by atoms with Gasteiger partial charge >= 0.3 is 12.6 Å². The molecule has 1 aliphatic carbocycles. The maximum Gasteiger partial charge on any atom is 0.387 e. The van der Waals surface area contributed by atoms with E-state index in [1.165, 1.54) is 30.2 Å². The molecule has 6 nitrogen and oxygen atoms in total. The van der Waals surface area contributed by atoms with Gasteiger partial charge in [-0.25, -0.2) is 4.79 Å². The van der Waals surface area contributed by atoms with E-state index in [1.807, 2.05) is 0 Å². The number of halogens is 2. The van der Waals surface area contributed by atoms with Gasteiger partial charge in [0.2, 0.25) is 0 Å². The summed E-state index contributed by atoms with van der Waals surface area (Å²) < 4.78 is 34.1. The molecule has 1 heterocycles. The van der Waals surface area contributed by atoms with Gasteiger partial charge in [-0.3, -0.25) is 4.79 Å². The number of methoxy groups -OCH3 is 1. The third kappa shape index (κ3) is 3.25. The molecule has 0 spiro atoms. The second kappa shape index (κ2) is 6.85.